The lowest BCUT2D eigenvalue weighted by molar-refractivity contribution is 0.965. The van der Waals surface area contributed by atoms with Gasteiger partial charge in [-0.25, -0.2) is 4.98 Å². The summed E-state index contributed by atoms with van der Waals surface area (Å²) in [5, 5.41) is 3.49. The molecule has 4 N–H and O–H groups in total. The number of nitrogens with zero attached hydrogens (tertiary/aromatic N) is 1. The van der Waals surface area contributed by atoms with Crippen LogP contribution in [0.3, 0.4) is 0 Å². The number of rotatable bonds is 6. The smallest absolute Gasteiger partial charge is 0.252 e. The Labute approximate surface area is 99.2 Å². The van der Waals surface area contributed by atoms with Crippen LogP contribution in [0.15, 0.2) is 10.9 Å². The standard InChI is InChI=1S/C10H18N4OS/c1-7(2)16-6-8-5-9(15)14-10(13-8)12-4-3-11/h5,7H,3-4,6,11H2,1-2H3,(H2,12,13,14,15). The number of nitrogens with two attached hydrogens (primary N) is 1. The molecule has 0 radical (unpaired) electrons. The van der Waals surface area contributed by atoms with Gasteiger partial charge in [0.2, 0.25) is 5.95 Å². The fourth-order valence-electron chi connectivity index (χ4n) is 1.11. The largest absolute Gasteiger partial charge is 0.354 e. The Morgan fingerprint density at radius 3 is 3.00 bits per heavy atom. The molecule has 0 fully saturated rings. The van der Waals surface area contributed by atoms with Gasteiger partial charge in [-0.1, -0.05) is 13.8 Å². The molecule has 0 aliphatic heterocycles. The van der Waals surface area contributed by atoms with Crippen molar-refractivity contribution in [1.29, 1.82) is 0 Å². The van der Waals surface area contributed by atoms with Crippen LogP contribution < -0.4 is 16.6 Å². The molecule has 0 aliphatic carbocycles. The van der Waals surface area contributed by atoms with Crippen molar-refractivity contribution in [1.82, 2.24) is 9.97 Å². The minimum Gasteiger partial charge on any atom is -0.354 e. The normalized spacial score (nSPS) is 10.8. The lowest BCUT2D eigenvalue weighted by atomic mass is 10.4. The second-order valence-corrected chi connectivity index (χ2v) is 5.23. The molecule has 5 nitrogen and oxygen atoms in total. The minimum atomic E-state index is -0.131. The van der Waals surface area contributed by atoms with Gasteiger partial charge in [-0.3, -0.25) is 9.78 Å². The highest BCUT2D eigenvalue weighted by Crippen LogP contribution is 2.14. The minimum absolute atomic E-state index is 0.131. The summed E-state index contributed by atoms with van der Waals surface area (Å²) in [5.74, 6) is 1.25. The number of hydrogen-bond donors (Lipinski definition) is 3. The van der Waals surface area contributed by atoms with Crippen LogP contribution in [0.5, 0.6) is 0 Å². The van der Waals surface area contributed by atoms with Gasteiger partial charge in [-0.2, -0.15) is 11.8 Å². The molecule has 16 heavy (non-hydrogen) atoms. The second-order valence-electron chi connectivity index (χ2n) is 3.66. The number of hydrogen-bond acceptors (Lipinski definition) is 5. The van der Waals surface area contributed by atoms with Gasteiger partial charge < -0.3 is 11.1 Å². The fraction of sp³-hybridized carbons (Fsp3) is 0.600. The molecule has 1 aromatic heterocycles. The number of nitrogens with one attached hydrogen (secondary N) is 2. The zero-order chi connectivity index (χ0) is 12.0. The lowest BCUT2D eigenvalue weighted by Crippen LogP contribution is -2.18. The molecule has 0 unspecified atom stereocenters. The molecular formula is C10H18N4OS. The van der Waals surface area contributed by atoms with Crippen molar-refractivity contribution < 1.29 is 0 Å². The molecular weight excluding hydrogens is 224 g/mol. The first-order valence-corrected chi connectivity index (χ1v) is 6.32. The van der Waals surface area contributed by atoms with E-state index >= 15 is 0 Å². The van der Waals surface area contributed by atoms with Gasteiger partial charge >= 0.3 is 0 Å². The predicted molar refractivity (Wildman–Crippen MR) is 68.8 cm³/mol. The van der Waals surface area contributed by atoms with E-state index in [1.54, 1.807) is 11.8 Å². The van der Waals surface area contributed by atoms with Crippen molar-refractivity contribution in [2.75, 3.05) is 18.4 Å². The van der Waals surface area contributed by atoms with Gasteiger partial charge in [0.05, 0.1) is 5.69 Å². The first kappa shape index (κ1) is 13.1. The molecule has 1 rings (SSSR count). The molecule has 0 spiro atoms. The van der Waals surface area contributed by atoms with Crippen molar-refractivity contribution >= 4 is 17.7 Å². The zero-order valence-electron chi connectivity index (χ0n) is 9.62. The van der Waals surface area contributed by atoms with E-state index in [-0.39, 0.29) is 5.56 Å². The molecule has 6 heteroatoms. The van der Waals surface area contributed by atoms with Gasteiger partial charge in [0.15, 0.2) is 0 Å². The van der Waals surface area contributed by atoms with Gasteiger partial charge in [-0.15, -0.1) is 0 Å². The van der Waals surface area contributed by atoms with Crippen LogP contribution >= 0.6 is 11.8 Å². The summed E-state index contributed by atoms with van der Waals surface area (Å²) in [5.41, 5.74) is 6.03. The van der Waals surface area contributed by atoms with Gasteiger partial charge in [0.25, 0.3) is 5.56 Å². The molecule has 0 saturated carbocycles. The van der Waals surface area contributed by atoms with Crippen molar-refractivity contribution in [3.05, 3.63) is 22.1 Å². The van der Waals surface area contributed by atoms with Crippen molar-refractivity contribution in [2.24, 2.45) is 5.73 Å². The van der Waals surface area contributed by atoms with Crippen LogP contribution in [-0.2, 0) is 5.75 Å². The number of aromatic nitrogens is 2. The lowest BCUT2D eigenvalue weighted by Gasteiger charge is -2.07. The van der Waals surface area contributed by atoms with Gasteiger partial charge in [0, 0.05) is 24.9 Å². The zero-order valence-corrected chi connectivity index (χ0v) is 10.4. The Morgan fingerprint density at radius 2 is 2.38 bits per heavy atom. The maximum Gasteiger partial charge on any atom is 0.252 e. The fourth-order valence-corrected chi connectivity index (χ4v) is 1.76. The van der Waals surface area contributed by atoms with Crippen molar-refractivity contribution in [2.45, 2.75) is 24.9 Å². The van der Waals surface area contributed by atoms with Crippen LogP contribution in [0.4, 0.5) is 5.95 Å². The number of anilines is 1. The number of aromatic amines is 1. The monoisotopic (exact) mass is 242 g/mol. The highest BCUT2D eigenvalue weighted by molar-refractivity contribution is 7.99. The van der Waals surface area contributed by atoms with E-state index in [1.807, 2.05) is 0 Å². The Bertz CT molecular complexity index is 377. The molecule has 0 saturated heterocycles. The summed E-state index contributed by atoms with van der Waals surface area (Å²) in [6.45, 7) is 5.34. The van der Waals surface area contributed by atoms with Crippen LogP contribution in [-0.4, -0.2) is 28.3 Å². The average Bonchev–Trinajstić information content (AvgIpc) is 2.23. The molecule has 0 atom stereocenters. The molecule has 1 heterocycles. The Balaban J connectivity index is 2.69. The van der Waals surface area contributed by atoms with E-state index in [0.29, 0.717) is 24.3 Å². The predicted octanol–water partition coefficient (Wildman–Crippen LogP) is 0.782. The first-order chi connectivity index (χ1) is 7.61. The molecule has 0 aliphatic rings. The van der Waals surface area contributed by atoms with E-state index in [1.165, 1.54) is 6.07 Å². The van der Waals surface area contributed by atoms with Gasteiger partial charge in [-0.05, 0) is 5.25 Å². The topological polar surface area (TPSA) is 83.8 Å². The SMILES string of the molecule is CC(C)SCc1cc(=O)[nH]c(NCCN)n1. The van der Waals surface area contributed by atoms with E-state index in [9.17, 15) is 4.79 Å². The molecule has 90 valence electrons. The third-order valence-corrected chi connectivity index (χ3v) is 2.93. The summed E-state index contributed by atoms with van der Waals surface area (Å²) >= 11 is 1.76. The number of H-pyrrole nitrogens is 1. The molecule has 0 amide bonds. The van der Waals surface area contributed by atoms with Gasteiger partial charge in [0.1, 0.15) is 0 Å². The quantitative estimate of drug-likeness (QED) is 0.686. The Hall–Kier alpha value is -1.01. The highest BCUT2D eigenvalue weighted by atomic mass is 32.2. The van der Waals surface area contributed by atoms with Crippen molar-refractivity contribution in [3.63, 3.8) is 0 Å². The molecule has 0 aromatic carbocycles. The maximum atomic E-state index is 11.3. The summed E-state index contributed by atoms with van der Waals surface area (Å²) in [6.07, 6.45) is 0. The average molecular weight is 242 g/mol. The maximum absolute atomic E-state index is 11.3. The van der Waals surface area contributed by atoms with E-state index in [4.69, 9.17) is 5.73 Å². The summed E-state index contributed by atoms with van der Waals surface area (Å²) in [4.78, 5) is 18.3. The number of thioether (sulfide) groups is 1. The first-order valence-electron chi connectivity index (χ1n) is 5.27. The second kappa shape index (κ2) is 6.55. The third kappa shape index (κ3) is 4.67. The van der Waals surface area contributed by atoms with Crippen LogP contribution in [0.1, 0.15) is 19.5 Å². The third-order valence-electron chi connectivity index (χ3n) is 1.80. The van der Waals surface area contributed by atoms with Crippen LogP contribution in [0, 0.1) is 0 Å². The Kier molecular flexibility index (Phi) is 5.34. The summed E-state index contributed by atoms with van der Waals surface area (Å²) in [6, 6.07) is 1.53. The summed E-state index contributed by atoms with van der Waals surface area (Å²) < 4.78 is 0. The van der Waals surface area contributed by atoms with E-state index in [0.717, 1.165) is 11.4 Å². The highest BCUT2D eigenvalue weighted by Gasteiger charge is 2.02. The van der Waals surface area contributed by atoms with Crippen LogP contribution in [0.25, 0.3) is 0 Å². The van der Waals surface area contributed by atoms with E-state index < -0.39 is 0 Å². The van der Waals surface area contributed by atoms with Crippen molar-refractivity contribution in [3.8, 4) is 0 Å². The van der Waals surface area contributed by atoms with Crippen LogP contribution in [0.2, 0.25) is 0 Å². The van der Waals surface area contributed by atoms with E-state index in [2.05, 4.69) is 29.1 Å². The summed E-state index contributed by atoms with van der Waals surface area (Å²) in [7, 11) is 0. The Morgan fingerprint density at radius 1 is 1.62 bits per heavy atom. The molecule has 1 aromatic rings. The molecule has 0 bridgehead atoms.